The van der Waals surface area contributed by atoms with Crippen LogP contribution in [0.1, 0.15) is 5.56 Å². The molecule has 0 fully saturated rings. The lowest BCUT2D eigenvalue weighted by Gasteiger charge is -2.11. The zero-order valence-electron chi connectivity index (χ0n) is 10.9. The SMILES string of the molecule is Cc1cc(Cl)ccc1-n1cncc1-c1ccc(N)nc1. The van der Waals surface area contributed by atoms with Gasteiger partial charge in [-0.1, -0.05) is 11.6 Å². The molecular weight excluding hydrogens is 272 g/mol. The van der Waals surface area contributed by atoms with Crippen molar-refractivity contribution < 1.29 is 0 Å². The summed E-state index contributed by atoms with van der Waals surface area (Å²) in [6.07, 6.45) is 5.33. The predicted octanol–water partition coefficient (Wildman–Crippen LogP) is 3.48. The zero-order chi connectivity index (χ0) is 14.1. The summed E-state index contributed by atoms with van der Waals surface area (Å²) in [4.78, 5) is 8.35. The van der Waals surface area contributed by atoms with Crippen molar-refractivity contribution in [3.8, 4) is 16.9 Å². The van der Waals surface area contributed by atoms with E-state index in [0.717, 1.165) is 27.5 Å². The molecule has 2 aromatic heterocycles. The van der Waals surface area contributed by atoms with Crippen molar-refractivity contribution in [3.05, 3.63) is 59.6 Å². The Hall–Kier alpha value is -2.33. The number of hydrogen-bond acceptors (Lipinski definition) is 3. The van der Waals surface area contributed by atoms with Gasteiger partial charge in [0.05, 0.1) is 23.9 Å². The van der Waals surface area contributed by atoms with Gasteiger partial charge in [-0.3, -0.25) is 4.57 Å². The van der Waals surface area contributed by atoms with Crippen molar-refractivity contribution >= 4 is 17.4 Å². The molecule has 20 heavy (non-hydrogen) atoms. The van der Waals surface area contributed by atoms with Crippen LogP contribution < -0.4 is 5.73 Å². The Balaban J connectivity index is 2.12. The minimum absolute atomic E-state index is 0.502. The molecule has 1 aromatic carbocycles. The fourth-order valence-electron chi connectivity index (χ4n) is 2.15. The predicted molar refractivity (Wildman–Crippen MR) is 81.0 cm³/mol. The van der Waals surface area contributed by atoms with Crippen LogP contribution in [0.2, 0.25) is 5.02 Å². The second-order valence-corrected chi connectivity index (χ2v) is 4.99. The monoisotopic (exact) mass is 284 g/mol. The molecule has 0 unspecified atom stereocenters. The van der Waals surface area contributed by atoms with Crippen LogP contribution >= 0.6 is 11.6 Å². The van der Waals surface area contributed by atoms with Crippen molar-refractivity contribution in [1.29, 1.82) is 0 Å². The number of nitrogen functional groups attached to an aromatic ring is 1. The summed E-state index contributed by atoms with van der Waals surface area (Å²) >= 11 is 6.00. The van der Waals surface area contributed by atoms with Crippen LogP contribution in [0.3, 0.4) is 0 Å². The first-order valence-corrected chi connectivity index (χ1v) is 6.54. The highest BCUT2D eigenvalue weighted by Gasteiger charge is 2.09. The zero-order valence-corrected chi connectivity index (χ0v) is 11.7. The van der Waals surface area contributed by atoms with E-state index in [1.54, 1.807) is 24.8 Å². The first kappa shape index (κ1) is 12.7. The molecule has 3 aromatic rings. The molecule has 0 aliphatic rings. The number of anilines is 1. The summed E-state index contributed by atoms with van der Waals surface area (Å²) in [5, 5.41) is 0.724. The van der Waals surface area contributed by atoms with Crippen molar-refractivity contribution in [3.63, 3.8) is 0 Å². The smallest absolute Gasteiger partial charge is 0.123 e. The Morgan fingerprint density at radius 1 is 1.15 bits per heavy atom. The van der Waals surface area contributed by atoms with Crippen LogP contribution in [0.25, 0.3) is 16.9 Å². The second-order valence-electron chi connectivity index (χ2n) is 4.55. The fraction of sp³-hybridized carbons (Fsp3) is 0.0667. The number of aryl methyl sites for hydroxylation is 1. The molecule has 0 spiro atoms. The highest BCUT2D eigenvalue weighted by molar-refractivity contribution is 6.30. The first-order chi connectivity index (χ1) is 9.65. The van der Waals surface area contributed by atoms with Gasteiger partial charge in [0.25, 0.3) is 0 Å². The van der Waals surface area contributed by atoms with Gasteiger partial charge in [0.15, 0.2) is 0 Å². The molecule has 0 atom stereocenters. The summed E-state index contributed by atoms with van der Waals surface area (Å²) < 4.78 is 2.01. The molecule has 0 aliphatic heterocycles. The highest BCUT2D eigenvalue weighted by Crippen LogP contribution is 2.25. The van der Waals surface area contributed by atoms with Crippen LogP contribution in [0.15, 0.2) is 49.1 Å². The second kappa shape index (κ2) is 4.98. The number of imidazole rings is 1. The molecule has 0 amide bonds. The number of aromatic nitrogens is 3. The van der Waals surface area contributed by atoms with Crippen molar-refractivity contribution in [2.24, 2.45) is 0 Å². The number of benzene rings is 1. The maximum absolute atomic E-state index is 6.00. The van der Waals surface area contributed by atoms with Gasteiger partial charge in [-0.2, -0.15) is 0 Å². The lowest BCUT2D eigenvalue weighted by atomic mass is 10.1. The summed E-state index contributed by atoms with van der Waals surface area (Å²) in [6, 6.07) is 9.49. The number of pyridine rings is 1. The molecule has 4 nitrogen and oxygen atoms in total. The summed E-state index contributed by atoms with van der Waals surface area (Å²) in [5.74, 6) is 0.502. The highest BCUT2D eigenvalue weighted by atomic mass is 35.5. The maximum atomic E-state index is 6.00. The summed E-state index contributed by atoms with van der Waals surface area (Å²) in [7, 11) is 0. The molecule has 0 bridgehead atoms. The van der Waals surface area contributed by atoms with Crippen molar-refractivity contribution in [2.45, 2.75) is 6.92 Å². The van der Waals surface area contributed by atoms with Crippen LogP contribution in [0.4, 0.5) is 5.82 Å². The van der Waals surface area contributed by atoms with Crippen LogP contribution in [-0.2, 0) is 0 Å². The molecule has 0 saturated carbocycles. The van der Waals surface area contributed by atoms with E-state index >= 15 is 0 Å². The number of halogens is 1. The molecule has 3 rings (SSSR count). The van der Waals surface area contributed by atoms with Gasteiger partial charge in [-0.25, -0.2) is 9.97 Å². The molecule has 100 valence electrons. The topological polar surface area (TPSA) is 56.7 Å². The van der Waals surface area contributed by atoms with E-state index in [1.165, 1.54) is 0 Å². The quantitative estimate of drug-likeness (QED) is 0.784. The fourth-order valence-corrected chi connectivity index (χ4v) is 2.37. The van der Waals surface area contributed by atoms with E-state index in [-0.39, 0.29) is 0 Å². The van der Waals surface area contributed by atoms with Crippen molar-refractivity contribution in [2.75, 3.05) is 5.73 Å². The molecule has 0 aliphatic carbocycles. The third kappa shape index (κ3) is 2.26. The summed E-state index contributed by atoms with van der Waals surface area (Å²) in [5.41, 5.74) is 9.67. The van der Waals surface area contributed by atoms with Gasteiger partial charge in [-0.15, -0.1) is 0 Å². The van der Waals surface area contributed by atoms with Gasteiger partial charge >= 0.3 is 0 Å². The van der Waals surface area contributed by atoms with Gasteiger partial charge in [0.1, 0.15) is 5.82 Å². The van der Waals surface area contributed by atoms with Gasteiger partial charge < -0.3 is 5.73 Å². The van der Waals surface area contributed by atoms with E-state index in [9.17, 15) is 0 Å². The Bertz CT molecular complexity index is 747. The molecule has 5 heteroatoms. The van der Waals surface area contributed by atoms with Crippen molar-refractivity contribution in [1.82, 2.24) is 14.5 Å². The normalized spacial score (nSPS) is 10.7. The van der Waals surface area contributed by atoms with Crippen LogP contribution in [0.5, 0.6) is 0 Å². The lowest BCUT2D eigenvalue weighted by Crippen LogP contribution is -1.98. The lowest BCUT2D eigenvalue weighted by molar-refractivity contribution is 1.04. The van der Waals surface area contributed by atoms with E-state index in [0.29, 0.717) is 5.82 Å². The van der Waals surface area contributed by atoms with E-state index in [4.69, 9.17) is 17.3 Å². The largest absolute Gasteiger partial charge is 0.384 e. The van der Waals surface area contributed by atoms with E-state index < -0.39 is 0 Å². The first-order valence-electron chi connectivity index (χ1n) is 6.16. The Kier molecular flexibility index (Phi) is 3.16. The average Bonchev–Trinajstić information content (AvgIpc) is 2.88. The van der Waals surface area contributed by atoms with E-state index in [1.807, 2.05) is 35.8 Å². The molecule has 0 radical (unpaired) electrons. The Morgan fingerprint density at radius 2 is 2.00 bits per heavy atom. The number of nitrogens with zero attached hydrogens (tertiary/aromatic N) is 3. The Labute approximate surface area is 121 Å². The van der Waals surface area contributed by atoms with Crippen LogP contribution in [-0.4, -0.2) is 14.5 Å². The molecule has 2 heterocycles. The van der Waals surface area contributed by atoms with Gasteiger partial charge in [0, 0.05) is 16.8 Å². The summed E-state index contributed by atoms with van der Waals surface area (Å²) in [6.45, 7) is 2.02. The minimum atomic E-state index is 0.502. The minimum Gasteiger partial charge on any atom is -0.384 e. The molecule has 2 N–H and O–H groups in total. The molecular formula is C15H13ClN4. The van der Waals surface area contributed by atoms with Gasteiger partial charge in [-0.05, 0) is 42.8 Å². The van der Waals surface area contributed by atoms with Crippen LogP contribution in [0, 0.1) is 6.92 Å². The number of hydrogen-bond donors (Lipinski definition) is 1. The van der Waals surface area contributed by atoms with Gasteiger partial charge in [0.2, 0.25) is 0 Å². The molecule has 0 saturated heterocycles. The number of rotatable bonds is 2. The average molecular weight is 285 g/mol. The number of nitrogens with two attached hydrogens (primary N) is 1. The Morgan fingerprint density at radius 3 is 2.70 bits per heavy atom. The third-order valence-electron chi connectivity index (χ3n) is 3.14. The standard InChI is InChI=1S/C15H13ClN4/c1-10-6-12(16)3-4-13(10)20-9-18-8-14(20)11-2-5-15(17)19-7-11/h2-9H,1H3,(H2,17,19). The van der Waals surface area contributed by atoms with E-state index in [2.05, 4.69) is 9.97 Å². The third-order valence-corrected chi connectivity index (χ3v) is 3.37. The maximum Gasteiger partial charge on any atom is 0.123 e.